The Bertz CT molecular complexity index is 243. The fourth-order valence-corrected chi connectivity index (χ4v) is 1.03. The number of aldehydes is 1. The average molecular weight is 164 g/mol. The third kappa shape index (κ3) is 1.92. The lowest BCUT2D eigenvalue weighted by atomic mass is 9.99. The van der Waals surface area contributed by atoms with Gasteiger partial charge in [0, 0.05) is 5.92 Å². The van der Waals surface area contributed by atoms with Crippen LogP contribution in [0.4, 0.5) is 0 Å². The van der Waals surface area contributed by atoms with Crippen molar-refractivity contribution in [2.75, 3.05) is 0 Å². The third-order valence-corrected chi connectivity index (χ3v) is 1.85. The first-order chi connectivity index (χ1) is 5.75. The first-order valence-corrected chi connectivity index (χ1v) is 3.94. The van der Waals surface area contributed by atoms with Crippen molar-refractivity contribution in [1.29, 1.82) is 0 Å². The molecule has 0 spiro atoms. The topological polar surface area (TPSA) is 37.3 Å². The van der Waals surface area contributed by atoms with Gasteiger partial charge >= 0.3 is 0 Å². The second kappa shape index (κ2) is 4.02. The van der Waals surface area contributed by atoms with Crippen molar-refractivity contribution >= 4 is 6.29 Å². The molecular formula is C10H12O2. The van der Waals surface area contributed by atoms with Gasteiger partial charge in [-0.2, -0.15) is 0 Å². The predicted molar refractivity (Wildman–Crippen MR) is 46.6 cm³/mol. The van der Waals surface area contributed by atoms with Gasteiger partial charge in [-0.3, -0.25) is 0 Å². The predicted octanol–water partition coefficient (Wildman–Crippen LogP) is 1.55. The van der Waals surface area contributed by atoms with Crippen LogP contribution in [0.1, 0.15) is 18.6 Å². The first-order valence-electron chi connectivity index (χ1n) is 3.94. The number of carbonyl (C=O) groups excluding carboxylic acids is 1. The highest BCUT2D eigenvalue weighted by molar-refractivity contribution is 5.54. The standard InChI is InChI=1S/C10H12O2/c1-8(7-11)10(12)9-5-3-2-4-6-9/h2-8,10,12H,1H3/t8-,10-/m1/s1. The van der Waals surface area contributed by atoms with Gasteiger partial charge in [-0.1, -0.05) is 37.3 Å². The van der Waals surface area contributed by atoms with Crippen molar-refractivity contribution in [1.82, 2.24) is 0 Å². The molecule has 1 rings (SSSR count). The zero-order valence-electron chi connectivity index (χ0n) is 6.97. The van der Waals surface area contributed by atoms with E-state index in [0.29, 0.717) is 0 Å². The molecule has 0 bridgehead atoms. The highest BCUT2D eigenvalue weighted by Crippen LogP contribution is 2.19. The summed E-state index contributed by atoms with van der Waals surface area (Å²) in [5, 5.41) is 9.56. The summed E-state index contributed by atoms with van der Waals surface area (Å²) < 4.78 is 0. The van der Waals surface area contributed by atoms with Crippen molar-refractivity contribution in [2.45, 2.75) is 13.0 Å². The lowest BCUT2D eigenvalue weighted by Crippen LogP contribution is -2.09. The molecule has 0 aliphatic rings. The fourth-order valence-electron chi connectivity index (χ4n) is 1.03. The molecule has 0 radical (unpaired) electrons. The largest absolute Gasteiger partial charge is 0.388 e. The summed E-state index contributed by atoms with van der Waals surface area (Å²) in [6, 6.07) is 9.18. The van der Waals surface area contributed by atoms with E-state index in [9.17, 15) is 9.90 Å². The van der Waals surface area contributed by atoms with E-state index in [4.69, 9.17) is 0 Å². The Morgan fingerprint density at radius 1 is 1.33 bits per heavy atom. The number of aliphatic hydroxyl groups excluding tert-OH is 1. The van der Waals surface area contributed by atoms with E-state index in [1.807, 2.05) is 30.3 Å². The molecule has 2 atom stereocenters. The van der Waals surface area contributed by atoms with E-state index in [0.717, 1.165) is 11.8 Å². The Balaban J connectivity index is 2.78. The molecule has 0 unspecified atom stereocenters. The molecule has 12 heavy (non-hydrogen) atoms. The summed E-state index contributed by atoms with van der Waals surface area (Å²) in [4.78, 5) is 10.4. The molecular weight excluding hydrogens is 152 g/mol. The van der Waals surface area contributed by atoms with Crippen LogP contribution in [-0.4, -0.2) is 11.4 Å². The Kier molecular flexibility index (Phi) is 3.00. The van der Waals surface area contributed by atoms with Gasteiger partial charge in [-0.25, -0.2) is 0 Å². The summed E-state index contributed by atoms with van der Waals surface area (Å²) in [5.41, 5.74) is 0.789. The fraction of sp³-hybridized carbons (Fsp3) is 0.300. The van der Waals surface area contributed by atoms with Gasteiger partial charge in [0.05, 0.1) is 6.10 Å². The van der Waals surface area contributed by atoms with E-state index < -0.39 is 6.10 Å². The number of aliphatic hydroxyl groups is 1. The SMILES string of the molecule is C[C@H](C=O)[C@@H](O)c1ccccc1. The third-order valence-electron chi connectivity index (χ3n) is 1.85. The van der Waals surface area contributed by atoms with Crippen molar-refractivity contribution in [3.63, 3.8) is 0 Å². The number of carbonyl (C=O) groups is 1. The molecule has 0 aliphatic carbocycles. The quantitative estimate of drug-likeness (QED) is 0.688. The van der Waals surface area contributed by atoms with Gasteiger partial charge in [0.1, 0.15) is 6.29 Å². The van der Waals surface area contributed by atoms with E-state index in [2.05, 4.69) is 0 Å². The van der Waals surface area contributed by atoms with Crippen molar-refractivity contribution in [3.8, 4) is 0 Å². The zero-order chi connectivity index (χ0) is 8.97. The van der Waals surface area contributed by atoms with Gasteiger partial charge in [-0.05, 0) is 5.56 Å². The number of benzene rings is 1. The van der Waals surface area contributed by atoms with Crippen LogP contribution < -0.4 is 0 Å². The molecule has 1 N–H and O–H groups in total. The lowest BCUT2D eigenvalue weighted by molar-refractivity contribution is -0.113. The molecule has 2 heteroatoms. The highest BCUT2D eigenvalue weighted by Gasteiger charge is 2.14. The molecule has 1 aromatic carbocycles. The maximum Gasteiger partial charge on any atom is 0.125 e. The Labute approximate surface area is 71.8 Å². The van der Waals surface area contributed by atoms with Crippen LogP contribution in [0.2, 0.25) is 0 Å². The van der Waals surface area contributed by atoms with E-state index >= 15 is 0 Å². The van der Waals surface area contributed by atoms with Gasteiger partial charge < -0.3 is 9.90 Å². The Morgan fingerprint density at radius 3 is 2.42 bits per heavy atom. The van der Waals surface area contributed by atoms with Crippen LogP contribution in [0.3, 0.4) is 0 Å². The normalized spacial score (nSPS) is 15.2. The van der Waals surface area contributed by atoms with E-state index in [-0.39, 0.29) is 5.92 Å². The molecule has 0 heterocycles. The maximum absolute atomic E-state index is 10.4. The van der Waals surface area contributed by atoms with Crippen molar-refractivity contribution in [3.05, 3.63) is 35.9 Å². The maximum atomic E-state index is 10.4. The summed E-state index contributed by atoms with van der Waals surface area (Å²) in [7, 11) is 0. The van der Waals surface area contributed by atoms with Crippen LogP contribution in [0.25, 0.3) is 0 Å². The van der Waals surface area contributed by atoms with Crippen LogP contribution in [-0.2, 0) is 4.79 Å². The van der Waals surface area contributed by atoms with Crippen LogP contribution >= 0.6 is 0 Å². The molecule has 64 valence electrons. The molecule has 0 amide bonds. The minimum absolute atomic E-state index is 0.340. The molecule has 0 aromatic heterocycles. The van der Waals surface area contributed by atoms with Gasteiger partial charge in [-0.15, -0.1) is 0 Å². The molecule has 2 nitrogen and oxygen atoms in total. The minimum atomic E-state index is -0.677. The highest BCUT2D eigenvalue weighted by atomic mass is 16.3. The summed E-state index contributed by atoms with van der Waals surface area (Å²) in [6.45, 7) is 1.70. The molecule has 0 fully saturated rings. The van der Waals surface area contributed by atoms with Crippen LogP contribution in [0, 0.1) is 5.92 Å². The molecule has 0 aliphatic heterocycles. The smallest absolute Gasteiger partial charge is 0.125 e. The number of rotatable bonds is 3. The van der Waals surface area contributed by atoms with E-state index in [1.165, 1.54) is 0 Å². The number of hydrogen-bond acceptors (Lipinski definition) is 2. The van der Waals surface area contributed by atoms with Gasteiger partial charge in [0.25, 0.3) is 0 Å². The lowest BCUT2D eigenvalue weighted by Gasteiger charge is -2.12. The first kappa shape index (κ1) is 8.94. The van der Waals surface area contributed by atoms with Crippen molar-refractivity contribution < 1.29 is 9.90 Å². The minimum Gasteiger partial charge on any atom is -0.388 e. The zero-order valence-corrected chi connectivity index (χ0v) is 6.97. The Morgan fingerprint density at radius 2 is 1.92 bits per heavy atom. The number of hydrogen-bond donors (Lipinski definition) is 1. The second-order valence-electron chi connectivity index (χ2n) is 2.85. The van der Waals surface area contributed by atoms with Crippen LogP contribution in [0.15, 0.2) is 30.3 Å². The average Bonchev–Trinajstić information content (AvgIpc) is 2.17. The molecule has 0 saturated carbocycles. The summed E-state index contributed by atoms with van der Waals surface area (Å²) >= 11 is 0. The van der Waals surface area contributed by atoms with Crippen LogP contribution in [0.5, 0.6) is 0 Å². The molecule has 0 saturated heterocycles. The summed E-state index contributed by atoms with van der Waals surface area (Å²) in [5.74, 6) is -0.340. The Hall–Kier alpha value is -1.15. The monoisotopic (exact) mass is 164 g/mol. The van der Waals surface area contributed by atoms with Crippen molar-refractivity contribution in [2.24, 2.45) is 5.92 Å². The molecule has 1 aromatic rings. The van der Waals surface area contributed by atoms with E-state index in [1.54, 1.807) is 6.92 Å². The van der Waals surface area contributed by atoms with Gasteiger partial charge in [0.15, 0.2) is 0 Å². The summed E-state index contributed by atoms with van der Waals surface area (Å²) in [6.07, 6.45) is 0.0844. The van der Waals surface area contributed by atoms with Gasteiger partial charge in [0.2, 0.25) is 0 Å². The second-order valence-corrected chi connectivity index (χ2v) is 2.85.